The Morgan fingerprint density at radius 1 is 1.57 bits per heavy atom. The van der Waals surface area contributed by atoms with Gasteiger partial charge in [-0.1, -0.05) is 0 Å². The van der Waals surface area contributed by atoms with Crippen molar-refractivity contribution in [3.63, 3.8) is 0 Å². The molecule has 28 heavy (non-hydrogen) atoms. The lowest BCUT2D eigenvalue weighted by Crippen LogP contribution is -2.57. The van der Waals surface area contributed by atoms with Gasteiger partial charge in [-0.2, -0.15) is 5.26 Å². The molecule has 1 aromatic rings. The number of amides is 1. The first kappa shape index (κ1) is 20.4. The van der Waals surface area contributed by atoms with Crippen LogP contribution in [-0.2, 0) is 4.79 Å². The zero-order valence-electron chi connectivity index (χ0n) is 16.3. The Balaban J connectivity index is 1.64. The summed E-state index contributed by atoms with van der Waals surface area (Å²) in [4.78, 5) is 19.1. The predicted molar refractivity (Wildman–Crippen MR) is 104 cm³/mol. The number of aromatic nitrogens is 1. The largest absolute Gasteiger partial charge is 0.490 e. The molecule has 0 radical (unpaired) electrons. The van der Waals surface area contributed by atoms with Crippen molar-refractivity contribution in [3.8, 4) is 11.8 Å². The Hall–Kier alpha value is -2.29. The first-order valence-corrected chi connectivity index (χ1v) is 9.40. The van der Waals surface area contributed by atoms with Crippen molar-refractivity contribution in [3.05, 3.63) is 18.5 Å². The molecule has 2 fully saturated rings. The molecule has 10 nitrogen and oxygen atoms in total. The zero-order chi connectivity index (χ0) is 20.1. The summed E-state index contributed by atoms with van der Waals surface area (Å²) < 4.78 is 5.79. The fourth-order valence-electron chi connectivity index (χ4n) is 3.50. The van der Waals surface area contributed by atoms with Gasteiger partial charge in [0, 0.05) is 38.3 Å². The summed E-state index contributed by atoms with van der Waals surface area (Å²) >= 11 is 0. The van der Waals surface area contributed by atoms with Crippen LogP contribution in [0.15, 0.2) is 18.5 Å². The Bertz CT molecular complexity index is 722. The van der Waals surface area contributed by atoms with E-state index in [-0.39, 0.29) is 18.0 Å². The van der Waals surface area contributed by atoms with Gasteiger partial charge in [-0.05, 0) is 20.0 Å². The maximum absolute atomic E-state index is 13.0. The lowest BCUT2D eigenvalue weighted by atomic mass is 9.98. The summed E-state index contributed by atoms with van der Waals surface area (Å²) in [6.45, 7) is 2.62. The fourth-order valence-corrected chi connectivity index (χ4v) is 3.50. The van der Waals surface area contributed by atoms with Crippen LogP contribution in [-0.4, -0.2) is 73.5 Å². The van der Waals surface area contributed by atoms with Crippen LogP contribution in [0.2, 0.25) is 0 Å². The molecule has 4 atom stereocenters. The molecule has 0 aromatic carbocycles. The smallest absolute Gasteiger partial charge is 0.233 e. The van der Waals surface area contributed by atoms with Gasteiger partial charge in [0.2, 0.25) is 5.91 Å². The topological polar surface area (TPSA) is 132 Å². The van der Waals surface area contributed by atoms with Gasteiger partial charge in [0.1, 0.15) is 18.0 Å². The standard InChI is InChI=1S/C18H28N8O2/c1-25(2)7-8-28-14-4-6-21-10-13(14)23-18(27)15-16(20)24-26-11-12(3-5-19)9-22-17(15)26/h4,6,10,12,15-17,22,24H,3,7-9,11,20H2,1-2H3,(H,23,27). The number of hydrogen-bond acceptors (Lipinski definition) is 9. The first-order chi connectivity index (χ1) is 13.5. The Morgan fingerprint density at radius 2 is 2.39 bits per heavy atom. The summed E-state index contributed by atoms with van der Waals surface area (Å²) in [5, 5.41) is 17.1. The maximum Gasteiger partial charge on any atom is 0.233 e. The second-order valence-electron chi connectivity index (χ2n) is 7.43. The molecule has 2 aliphatic heterocycles. The van der Waals surface area contributed by atoms with E-state index in [1.807, 2.05) is 24.0 Å². The number of nitrogens with one attached hydrogen (secondary N) is 3. The lowest BCUT2D eigenvalue weighted by molar-refractivity contribution is -0.121. The summed E-state index contributed by atoms with van der Waals surface area (Å²) in [6, 6.07) is 3.93. The van der Waals surface area contributed by atoms with E-state index in [1.165, 1.54) is 0 Å². The van der Waals surface area contributed by atoms with E-state index in [4.69, 9.17) is 15.7 Å². The molecule has 0 aliphatic carbocycles. The summed E-state index contributed by atoms with van der Waals surface area (Å²) in [5.74, 6) is 0.0899. The van der Waals surface area contributed by atoms with E-state index < -0.39 is 12.1 Å². The van der Waals surface area contributed by atoms with Crippen LogP contribution in [0.4, 0.5) is 5.69 Å². The molecular weight excluding hydrogens is 360 g/mol. The molecule has 4 unspecified atom stereocenters. The number of anilines is 1. The third-order valence-corrected chi connectivity index (χ3v) is 4.97. The van der Waals surface area contributed by atoms with Gasteiger partial charge in [-0.3, -0.25) is 15.1 Å². The number of nitrogens with two attached hydrogens (primary N) is 1. The van der Waals surface area contributed by atoms with E-state index in [0.29, 0.717) is 37.6 Å². The summed E-state index contributed by atoms with van der Waals surface area (Å²) in [7, 11) is 3.94. The number of fused-ring (bicyclic) bond motifs is 1. The molecule has 0 saturated carbocycles. The van der Waals surface area contributed by atoms with Gasteiger partial charge >= 0.3 is 0 Å². The molecule has 1 amide bonds. The molecule has 3 heterocycles. The Morgan fingerprint density at radius 3 is 3.14 bits per heavy atom. The number of hydrazine groups is 1. The molecule has 152 valence electrons. The molecule has 10 heteroatoms. The van der Waals surface area contributed by atoms with Gasteiger partial charge in [0.25, 0.3) is 0 Å². The Kier molecular flexibility index (Phi) is 6.77. The highest BCUT2D eigenvalue weighted by atomic mass is 16.5. The predicted octanol–water partition coefficient (Wildman–Crippen LogP) is -0.859. The van der Waals surface area contributed by atoms with E-state index in [0.717, 1.165) is 6.54 Å². The van der Waals surface area contributed by atoms with Gasteiger partial charge in [-0.25, -0.2) is 10.4 Å². The average Bonchev–Trinajstić information content (AvgIpc) is 2.98. The van der Waals surface area contributed by atoms with Gasteiger partial charge in [0.15, 0.2) is 0 Å². The van der Waals surface area contributed by atoms with Crippen molar-refractivity contribution in [2.24, 2.45) is 17.6 Å². The first-order valence-electron chi connectivity index (χ1n) is 9.40. The zero-order valence-corrected chi connectivity index (χ0v) is 16.3. The number of pyridine rings is 1. The van der Waals surface area contributed by atoms with Gasteiger partial charge in [0.05, 0.1) is 30.5 Å². The van der Waals surface area contributed by atoms with E-state index in [1.54, 1.807) is 18.5 Å². The third-order valence-electron chi connectivity index (χ3n) is 4.97. The number of nitrogens with zero attached hydrogens (tertiary/aromatic N) is 4. The lowest BCUT2D eigenvalue weighted by Gasteiger charge is -2.35. The minimum atomic E-state index is -0.520. The van der Waals surface area contributed by atoms with Crippen molar-refractivity contribution in [1.82, 2.24) is 25.6 Å². The third kappa shape index (κ3) is 4.76. The number of carbonyl (C=O) groups excluding carboxylic acids is 1. The van der Waals surface area contributed by atoms with Crippen LogP contribution in [0.3, 0.4) is 0 Å². The number of ether oxygens (including phenoxy) is 1. The molecule has 5 N–H and O–H groups in total. The highest BCUT2D eigenvalue weighted by Gasteiger charge is 2.46. The second kappa shape index (κ2) is 9.27. The number of nitriles is 1. The molecule has 0 bridgehead atoms. The van der Waals surface area contributed by atoms with Crippen LogP contribution in [0.5, 0.6) is 5.75 Å². The highest BCUT2D eigenvalue weighted by molar-refractivity contribution is 5.94. The minimum absolute atomic E-state index is 0.204. The summed E-state index contributed by atoms with van der Waals surface area (Å²) in [5.41, 5.74) is 9.86. The van der Waals surface area contributed by atoms with Crippen molar-refractivity contribution in [1.29, 1.82) is 5.26 Å². The van der Waals surface area contributed by atoms with Crippen LogP contribution in [0, 0.1) is 23.2 Å². The van der Waals surface area contributed by atoms with Crippen molar-refractivity contribution >= 4 is 11.6 Å². The number of likely N-dealkylation sites (N-methyl/N-ethyl adjacent to an activating group) is 1. The van der Waals surface area contributed by atoms with E-state index in [9.17, 15) is 4.79 Å². The van der Waals surface area contributed by atoms with Crippen LogP contribution >= 0.6 is 0 Å². The molecule has 1 aromatic heterocycles. The Labute approximate surface area is 165 Å². The monoisotopic (exact) mass is 388 g/mol. The van der Waals surface area contributed by atoms with Crippen molar-refractivity contribution in [2.45, 2.75) is 18.8 Å². The minimum Gasteiger partial charge on any atom is -0.490 e. The molecule has 2 aliphatic rings. The number of carbonyl (C=O) groups is 1. The summed E-state index contributed by atoms with van der Waals surface area (Å²) in [6.07, 6.45) is 2.93. The van der Waals surface area contributed by atoms with E-state index >= 15 is 0 Å². The molecule has 2 saturated heterocycles. The molecular formula is C18H28N8O2. The van der Waals surface area contributed by atoms with Gasteiger partial charge < -0.3 is 20.7 Å². The van der Waals surface area contributed by atoms with Gasteiger partial charge in [-0.15, -0.1) is 0 Å². The quantitative estimate of drug-likeness (QED) is 0.471. The normalized spacial score (nSPS) is 27.2. The number of hydrogen-bond donors (Lipinski definition) is 4. The highest BCUT2D eigenvalue weighted by Crippen LogP contribution is 2.27. The van der Waals surface area contributed by atoms with Crippen LogP contribution < -0.4 is 26.5 Å². The van der Waals surface area contributed by atoms with Crippen molar-refractivity contribution in [2.75, 3.05) is 45.7 Å². The average molecular weight is 388 g/mol. The SMILES string of the molecule is CN(C)CCOc1ccncc1NC(=O)C1C(N)NN2CC(CC#N)CNC12. The maximum atomic E-state index is 13.0. The second-order valence-corrected chi connectivity index (χ2v) is 7.43. The van der Waals surface area contributed by atoms with Crippen LogP contribution in [0.1, 0.15) is 6.42 Å². The molecule has 3 rings (SSSR count). The van der Waals surface area contributed by atoms with Crippen molar-refractivity contribution < 1.29 is 9.53 Å². The fraction of sp³-hybridized carbons (Fsp3) is 0.611. The van der Waals surface area contributed by atoms with Crippen LogP contribution in [0.25, 0.3) is 0 Å². The number of rotatable bonds is 7. The van der Waals surface area contributed by atoms with E-state index in [2.05, 4.69) is 27.1 Å². The molecule has 0 spiro atoms.